The quantitative estimate of drug-likeness (QED) is 0.375. The molecule has 0 amide bonds. The molecule has 2 aromatic carbocycles. The molecule has 0 unspecified atom stereocenters. The van der Waals surface area contributed by atoms with E-state index in [2.05, 4.69) is 57.2 Å². The Morgan fingerprint density at radius 2 is 1.26 bits per heavy atom. The third-order valence-corrected chi connectivity index (χ3v) is 3.08. The second-order valence-electron chi connectivity index (χ2n) is 4.33. The van der Waals surface area contributed by atoms with E-state index in [0.717, 1.165) is 6.42 Å². The van der Waals surface area contributed by atoms with E-state index in [1.165, 1.54) is 27.8 Å². The molecule has 0 aromatic heterocycles. The normalized spacial score (nSPS) is 8.37. The van der Waals surface area contributed by atoms with E-state index in [9.17, 15) is 0 Å². The Labute approximate surface area is 149 Å². The first-order valence-corrected chi connectivity index (χ1v) is 5.44. The minimum atomic E-state index is 0. The van der Waals surface area contributed by atoms with Crippen LogP contribution in [0.2, 0.25) is 0 Å². The minimum absolute atomic E-state index is 0. The summed E-state index contributed by atoms with van der Waals surface area (Å²) < 4.78 is 0. The fourth-order valence-corrected chi connectivity index (χ4v) is 1.96. The van der Waals surface area contributed by atoms with Gasteiger partial charge in [-0.05, 0) is 43.9 Å². The van der Waals surface area contributed by atoms with Gasteiger partial charge in [0.1, 0.15) is 0 Å². The molecule has 0 aliphatic carbocycles. The molecule has 2 rings (SSSR count). The van der Waals surface area contributed by atoms with E-state index < -0.39 is 0 Å². The summed E-state index contributed by atoms with van der Waals surface area (Å²) in [5, 5.41) is 0. The van der Waals surface area contributed by atoms with Gasteiger partial charge >= 0.3 is 21.7 Å². The number of halogens is 3. The third-order valence-electron chi connectivity index (χ3n) is 3.08. The van der Waals surface area contributed by atoms with Crippen molar-refractivity contribution in [1.29, 1.82) is 0 Å². The Bertz CT molecular complexity index is 464. The van der Waals surface area contributed by atoms with Gasteiger partial charge in [0.25, 0.3) is 0 Å². The molecule has 0 heterocycles. The van der Waals surface area contributed by atoms with E-state index in [1.807, 2.05) is 0 Å². The molecule has 0 N–H and O–H groups in total. The molecular formula is C15H17Cl3Ti. The standard InChI is InChI=1S/C15H17.3ClH.Ti/c1-11-8-13(3)15(9-12(11)2)10-14-6-4-5-7-14;;;;/h4-9H,10H2,1-3H3;3*1H;/q-1;;;;+4/p-3. The molecular weight excluding hydrogens is 334 g/mol. The second kappa shape index (κ2) is 10.9. The van der Waals surface area contributed by atoms with Gasteiger partial charge in [-0.15, -0.1) is 0 Å². The van der Waals surface area contributed by atoms with E-state index in [4.69, 9.17) is 0 Å². The van der Waals surface area contributed by atoms with Gasteiger partial charge in [0.15, 0.2) is 0 Å². The molecule has 0 radical (unpaired) electrons. The predicted octanol–water partition coefficient (Wildman–Crippen LogP) is -5.07. The molecule has 102 valence electrons. The number of aryl methyl sites for hydroxylation is 3. The Kier molecular flexibility index (Phi) is 13.9. The maximum atomic E-state index is 2.32. The molecule has 0 aliphatic rings. The van der Waals surface area contributed by atoms with Crippen molar-refractivity contribution < 1.29 is 58.9 Å². The molecule has 19 heavy (non-hydrogen) atoms. The van der Waals surface area contributed by atoms with Crippen LogP contribution in [0.4, 0.5) is 0 Å². The molecule has 4 heteroatoms. The largest absolute Gasteiger partial charge is 4.00 e. The van der Waals surface area contributed by atoms with Gasteiger partial charge in [-0.25, -0.2) is 12.1 Å². The third kappa shape index (κ3) is 6.43. The van der Waals surface area contributed by atoms with Crippen molar-refractivity contribution in [1.82, 2.24) is 0 Å². The van der Waals surface area contributed by atoms with Crippen LogP contribution in [0.5, 0.6) is 0 Å². The summed E-state index contributed by atoms with van der Waals surface area (Å²) in [4.78, 5) is 0. The van der Waals surface area contributed by atoms with Crippen molar-refractivity contribution in [2.45, 2.75) is 27.2 Å². The van der Waals surface area contributed by atoms with Crippen molar-refractivity contribution in [3.8, 4) is 0 Å². The molecule has 0 atom stereocenters. The summed E-state index contributed by atoms with van der Waals surface area (Å²) in [6.45, 7) is 6.56. The van der Waals surface area contributed by atoms with Gasteiger partial charge in [0.05, 0.1) is 0 Å². The topological polar surface area (TPSA) is 0 Å². The SMILES string of the molecule is Cc1cc(C)c(C[c-]2cccc2)cc1C.[Cl-].[Cl-].[Cl-].[Ti+4]. The smallest absolute Gasteiger partial charge is 1.00 e. The summed E-state index contributed by atoms with van der Waals surface area (Å²) in [6, 6.07) is 13.2. The van der Waals surface area contributed by atoms with Gasteiger partial charge in [0.2, 0.25) is 0 Å². The van der Waals surface area contributed by atoms with Gasteiger partial charge in [0, 0.05) is 0 Å². The number of rotatable bonds is 2. The van der Waals surface area contributed by atoms with Crippen molar-refractivity contribution >= 4 is 0 Å². The zero-order valence-electron chi connectivity index (χ0n) is 11.3. The van der Waals surface area contributed by atoms with E-state index in [-0.39, 0.29) is 58.9 Å². The van der Waals surface area contributed by atoms with E-state index in [0.29, 0.717) is 0 Å². The first-order valence-electron chi connectivity index (χ1n) is 5.44. The van der Waals surface area contributed by atoms with Crippen LogP contribution in [0.25, 0.3) is 0 Å². The van der Waals surface area contributed by atoms with Crippen LogP contribution in [0.15, 0.2) is 36.4 Å². The van der Waals surface area contributed by atoms with Crippen LogP contribution in [-0.2, 0) is 28.1 Å². The van der Waals surface area contributed by atoms with Crippen LogP contribution in [0, 0.1) is 20.8 Å². The predicted molar refractivity (Wildman–Crippen MR) is 65.5 cm³/mol. The van der Waals surface area contributed by atoms with Crippen LogP contribution in [0.1, 0.15) is 27.8 Å². The fourth-order valence-electron chi connectivity index (χ4n) is 1.96. The van der Waals surface area contributed by atoms with Crippen LogP contribution >= 0.6 is 0 Å². The minimum Gasteiger partial charge on any atom is -1.00 e. The Balaban J connectivity index is -0.000000640. The molecule has 0 bridgehead atoms. The Morgan fingerprint density at radius 3 is 1.79 bits per heavy atom. The summed E-state index contributed by atoms with van der Waals surface area (Å²) in [5.74, 6) is 0. The molecule has 0 aliphatic heterocycles. The van der Waals surface area contributed by atoms with Crippen molar-refractivity contribution in [2.75, 3.05) is 0 Å². The van der Waals surface area contributed by atoms with Gasteiger partial charge < -0.3 is 37.2 Å². The maximum Gasteiger partial charge on any atom is 4.00 e. The van der Waals surface area contributed by atoms with E-state index >= 15 is 0 Å². The molecule has 0 saturated heterocycles. The Morgan fingerprint density at radius 1 is 0.789 bits per heavy atom. The summed E-state index contributed by atoms with van der Waals surface area (Å²) in [6.07, 6.45) is 1.06. The second-order valence-corrected chi connectivity index (χ2v) is 4.33. The monoisotopic (exact) mass is 350 g/mol. The summed E-state index contributed by atoms with van der Waals surface area (Å²) >= 11 is 0. The number of hydrogen-bond acceptors (Lipinski definition) is 0. The average Bonchev–Trinajstić information content (AvgIpc) is 2.67. The van der Waals surface area contributed by atoms with Crippen LogP contribution < -0.4 is 37.2 Å². The zero-order valence-corrected chi connectivity index (χ0v) is 15.1. The van der Waals surface area contributed by atoms with Gasteiger partial charge in [-0.3, -0.25) is 0 Å². The first-order chi connectivity index (χ1) is 7.16. The van der Waals surface area contributed by atoms with Crippen molar-refractivity contribution in [3.63, 3.8) is 0 Å². The summed E-state index contributed by atoms with van der Waals surface area (Å²) in [7, 11) is 0. The van der Waals surface area contributed by atoms with Crippen molar-refractivity contribution in [2.24, 2.45) is 0 Å². The summed E-state index contributed by atoms with van der Waals surface area (Å²) in [5.41, 5.74) is 7.03. The molecule has 0 nitrogen and oxygen atoms in total. The molecule has 0 saturated carbocycles. The van der Waals surface area contributed by atoms with Gasteiger partial charge in [-0.2, -0.15) is 17.7 Å². The number of hydrogen-bond donors (Lipinski definition) is 0. The average molecular weight is 352 g/mol. The molecule has 2 aromatic rings. The number of benzene rings is 1. The molecule has 0 fully saturated rings. The zero-order chi connectivity index (χ0) is 10.8. The van der Waals surface area contributed by atoms with Crippen LogP contribution in [-0.4, -0.2) is 0 Å². The maximum absolute atomic E-state index is 2.32. The fraction of sp³-hybridized carbons (Fsp3) is 0.267. The first kappa shape index (κ1) is 24.2. The van der Waals surface area contributed by atoms with Gasteiger partial charge in [-0.1, -0.05) is 17.7 Å². The van der Waals surface area contributed by atoms with Crippen molar-refractivity contribution in [3.05, 3.63) is 64.2 Å². The van der Waals surface area contributed by atoms with Crippen LogP contribution in [0.3, 0.4) is 0 Å². The Hall–Kier alpha value is 0.154. The van der Waals surface area contributed by atoms with E-state index in [1.54, 1.807) is 0 Å². The molecule has 0 spiro atoms.